The molecule has 7 heteroatoms. The average Bonchev–Trinajstić information content (AvgIpc) is 2.77. The highest BCUT2D eigenvalue weighted by atomic mass is 32.2. The predicted octanol–water partition coefficient (Wildman–Crippen LogP) is 1.26. The van der Waals surface area contributed by atoms with Crippen LogP contribution in [-0.4, -0.2) is 47.8 Å². The molecular weight excluding hydrogens is 266 g/mol. The molecule has 0 aliphatic carbocycles. The lowest BCUT2D eigenvalue weighted by atomic mass is 10.3. The van der Waals surface area contributed by atoms with E-state index in [1.54, 1.807) is 10.9 Å². The van der Waals surface area contributed by atoms with Crippen molar-refractivity contribution in [1.82, 2.24) is 14.1 Å². The Morgan fingerprint density at radius 2 is 1.89 bits per heavy atom. The number of morpholine rings is 1. The standard InChI is InChI=1S/C12H21N3O3S/c1-9(2)15-8-12(5-13-15)19(16,17)14-6-10(3)18-11(4)7-14/h5,8-11H,6-7H2,1-4H3/t10-,11+. The average molecular weight is 287 g/mol. The molecule has 1 fully saturated rings. The fraction of sp³-hybridized carbons (Fsp3) is 0.750. The lowest BCUT2D eigenvalue weighted by Gasteiger charge is -2.34. The molecule has 0 unspecified atom stereocenters. The first kappa shape index (κ1) is 14.5. The largest absolute Gasteiger partial charge is 0.373 e. The van der Waals surface area contributed by atoms with Gasteiger partial charge in [0.1, 0.15) is 4.90 Å². The van der Waals surface area contributed by atoms with Crippen molar-refractivity contribution in [3.8, 4) is 0 Å². The molecule has 2 rings (SSSR count). The van der Waals surface area contributed by atoms with Gasteiger partial charge in [-0.2, -0.15) is 9.40 Å². The molecule has 0 aromatic carbocycles. The van der Waals surface area contributed by atoms with Gasteiger partial charge < -0.3 is 4.74 Å². The Bertz CT molecular complexity index is 528. The second-order valence-electron chi connectivity index (χ2n) is 5.33. The summed E-state index contributed by atoms with van der Waals surface area (Å²) in [6.07, 6.45) is 2.84. The second-order valence-corrected chi connectivity index (χ2v) is 7.27. The SMILES string of the molecule is CC(C)n1cc(S(=O)(=O)N2C[C@@H](C)O[C@@H](C)C2)cn1. The van der Waals surface area contributed by atoms with Gasteiger partial charge in [-0.25, -0.2) is 8.42 Å². The van der Waals surface area contributed by atoms with E-state index >= 15 is 0 Å². The van der Waals surface area contributed by atoms with Crippen molar-refractivity contribution >= 4 is 10.0 Å². The normalized spacial score (nSPS) is 25.9. The van der Waals surface area contributed by atoms with E-state index in [4.69, 9.17) is 4.74 Å². The molecular formula is C12H21N3O3S. The molecule has 19 heavy (non-hydrogen) atoms. The van der Waals surface area contributed by atoms with E-state index in [0.29, 0.717) is 13.1 Å². The molecule has 0 radical (unpaired) electrons. The van der Waals surface area contributed by atoms with E-state index in [1.165, 1.54) is 10.5 Å². The summed E-state index contributed by atoms with van der Waals surface area (Å²) in [7, 11) is -3.47. The van der Waals surface area contributed by atoms with Crippen LogP contribution >= 0.6 is 0 Å². The summed E-state index contributed by atoms with van der Waals surface area (Å²) in [5.41, 5.74) is 0. The Labute approximate surface area is 114 Å². The van der Waals surface area contributed by atoms with Crippen molar-refractivity contribution in [3.05, 3.63) is 12.4 Å². The third-order valence-electron chi connectivity index (χ3n) is 3.13. The Hall–Kier alpha value is -0.920. The zero-order valence-corrected chi connectivity index (χ0v) is 12.6. The summed E-state index contributed by atoms with van der Waals surface area (Å²) >= 11 is 0. The summed E-state index contributed by atoms with van der Waals surface area (Å²) in [4.78, 5) is 0.252. The van der Waals surface area contributed by atoms with E-state index in [0.717, 1.165) is 0 Å². The maximum Gasteiger partial charge on any atom is 0.246 e. The smallest absolute Gasteiger partial charge is 0.246 e. The van der Waals surface area contributed by atoms with Crippen LogP contribution in [0.4, 0.5) is 0 Å². The number of hydrogen-bond donors (Lipinski definition) is 0. The van der Waals surface area contributed by atoms with E-state index in [9.17, 15) is 8.42 Å². The number of ether oxygens (including phenoxy) is 1. The summed E-state index contributed by atoms with van der Waals surface area (Å²) in [5.74, 6) is 0. The van der Waals surface area contributed by atoms with Crippen molar-refractivity contribution in [2.75, 3.05) is 13.1 Å². The summed E-state index contributed by atoms with van der Waals surface area (Å²) in [6.45, 7) is 8.47. The molecule has 1 aromatic heterocycles. The topological polar surface area (TPSA) is 64.4 Å². The van der Waals surface area contributed by atoms with Crippen LogP contribution in [0.5, 0.6) is 0 Å². The maximum atomic E-state index is 12.5. The van der Waals surface area contributed by atoms with Crippen LogP contribution in [-0.2, 0) is 14.8 Å². The Morgan fingerprint density at radius 1 is 1.32 bits per heavy atom. The molecule has 0 N–H and O–H groups in total. The van der Waals surface area contributed by atoms with Gasteiger partial charge in [-0.3, -0.25) is 4.68 Å². The molecule has 0 spiro atoms. The van der Waals surface area contributed by atoms with Crippen LogP contribution in [0.2, 0.25) is 0 Å². The van der Waals surface area contributed by atoms with Crippen molar-refractivity contribution < 1.29 is 13.2 Å². The molecule has 1 aliphatic heterocycles. The minimum Gasteiger partial charge on any atom is -0.373 e. The van der Waals surface area contributed by atoms with Gasteiger partial charge in [0.25, 0.3) is 0 Å². The summed E-state index contributed by atoms with van der Waals surface area (Å²) in [5, 5.41) is 4.09. The minimum absolute atomic E-state index is 0.0846. The van der Waals surface area contributed by atoms with Gasteiger partial charge in [0, 0.05) is 25.3 Å². The highest BCUT2D eigenvalue weighted by Gasteiger charge is 2.33. The van der Waals surface area contributed by atoms with Gasteiger partial charge >= 0.3 is 0 Å². The number of nitrogens with zero attached hydrogens (tertiary/aromatic N) is 3. The Balaban J connectivity index is 2.25. The number of aromatic nitrogens is 2. The molecule has 0 amide bonds. The highest BCUT2D eigenvalue weighted by molar-refractivity contribution is 7.89. The number of hydrogen-bond acceptors (Lipinski definition) is 4. The Morgan fingerprint density at radius 3 is 2.37 bits per heavy atom. The first-order valence-corrected chi connectivity index (χ1v) is 7.94. The van der Waals surface area contributed by atoms with Crippen molar-refractivity contribution in [2.24, 2.45) is 0 Å². The summed E-state index contributed by atoms with van der Waals surface area (Å²) in [6, 6.07) is 0.145. The maximum absolute atomic E-state index is 12.5. The van der Waals surface area contributed by atoms with Crippen LogP contribution in [0.3, 0.4) is 0 Å². The van der Waals surface area contributed by atoms with E-state index in [-0.39, 0.29) is 23.1 Å². The monoisotopic (exact) mass is 287 g/mol. The van der Waals surface area contributed by atoms with Crippen LogP contribution < -0.4 is 0 Å². The van der Waals surface area contributed by atoms with E-state index < -0.39 is 10.0 Å². The van der Waals surface area contributed by atoms with Gasteiger partial charge in [0.2, 0.25) is 10.0 Å². The highest BCUT2D eigenvalue weighted by Crippen LogP contribution is 2.21. The molecule has 1 saturated heterocycles. The van der Waals surface area contributed by atoms with Crippen LogP contribution in [0.1, 0.15) is 33.7 Å². The number of sulfonamides is 1. The predicted molar refractivity (Wildman–Crippen MR) is 71.4 cm³/mol. The van der Waals surface area contributed by atoms with Gasteiger partial charge in [-0.05, 0) is 27.7 Å². The zero-order chi connectivity index (χ0) is 14.2. The molecule has 1 aliphatic rings. The van der Waals surface area contributed by atoms with Crippen LogP contribution in [0.25, 0.3) is 0 Å². The fourth-order valence-electron chi connectivity index (χ4n) is 2.21. The second kappa shape index (κ2) is 5.22. The summed E-state index contributed by atoms with van der Waals surface area (Å²) < 4.78 is 33.8. The molecule has 2 heterocycles. The lowest BCUT2D eigenvalue weighted by Crippen LogP contribution is -2.48. The third kappa shape index (κ3) is 2.98. The van der Waals surface area contributed by atoms with Crippen molar-refractivity contribution in [3.63, 3.8) is 0 Å². The van der Waals surface area contributed by atoms with E-state index in [2.05, 4.69) is 5.10 Å². The van der Waals surface area contributed by atoms with Gasteiger partial charge in [-0.15, -0.1) is 0 Å². The lowest BCUT2D eigenvalue weighted by molar-refractivity contribution is -0.0440. The molecule has 2 atom stereocenters. The third-order valence-corrected chi connectivity index (χ3v) is 4.92. The molecule has 108 valence electrons. The van der Waals surface area contributed by atoms with Crippen molar-refractivity contribution in [1.29, 1.82) is 0 Å². The van der Waals surface area contributed by atoms with Crippen LogP contribution in [0, 0.1) is 0 Å². The van der Waals surface area contributed by atoms with Gasteiger partial charge in [0.05, 0.1) is 18.4 Å². The number of rotatable bonds is 3. The zero-order valence-electron chi connectivity index (χ0n) is 11.8. The van der Waals surface area contributed by atoms with Crippen LogP contribution in [0.15, 0.2) is 17.3 Å². The fourth-order valence-corrected chi connectivity index (χ4v) is 3.74. The molecule has 0 saturated carbocycles. The minimum atomic E-state index is -3.47. The first-order chi connectivity index (χ1) is 8.80. The van der Waals surface area contributed by atoms with Crippen molar-refractivity contribution in [2.45, 2.75) is 50.8 Å². The first-order valence-electron chi connectivity index (χ1n) is 6.50. The molecule has 6 nitrogen and oxygen atoms in total. The quantitative estimate of drug-likeness (QED) is 0.839. The Kier molecular flexibility index (Phi) is 3.98. The molecule has 1 aromatic rings. The van der Waals surface area contributed by atoms with Gasteiger partial charge in [0.15, 0.2) is 0 Å². The van der Waals surface area contributed by atoms with Gasteiger partial charge in [-0.1, -0.05) is 0 Å². The van der Waals surface area contributed by atoms with E-state index in [1.807, 2.05) is 27.7 Å². The molecule has 0 bridgehead atoms.